The van der Waals surface area contributed by atoms with Crippen LogP contribution >= 0.6 is 0 Å². The van der Waals surface area contributed by atoms with Crippen molar-refractivity contribution in [2.24, 2.45) is 0 Å². The van der Waals surface area contributed by atoms with Crippen molar-refractivity contribution in [3.05, 3.63) is 56.8 Å². The van der Waals surface area contributed by atoms with Gasteiger partial charge in [0.25, 0.3) is 5.56 Å². The Balaban J connectivity index is 2.38. The van der Waals surface area contributed by atoms with Crippen LogP contribution in [0.3, 0.4) is 0 Å². The second-order valence-electron chi connectivity index (χ2n) is 3.32. The number of H-pyrrole nitrogens is 1. The zero-order valence-corrected chi connectivity index (χ0v) is 8.54. The van der Waals surface area contributed by atoms with Crippen molar-refractivity contribution in [1.82, 2.24) is 9.55 Å². The molecule has 0 saturated heterocycles. The molecule has 0 saturated carbocycles. The van der Waals surface area contributed by atoms with Crippen LogP contribution in [0.15, 0.2) is 38.6 Å². The molecule has 0 aliphatic rings. The lowest BCUT2D eigenvalue weighted by Crippen LogP contribution is -2.29. The molecule has 0 radical (unpaired) electrons. The molecule has 0 amide bonds. The van der Waals surface area contributed by atoms with Gasteiger partial charge in [-0.25, -0.2) is 9.59 Å². The summed E-state index contributed by atoms with van der Waals surface area (Å²) in [5.74, 6) is -1.43. The van der Waals surface area contributed by atoms with Crippen LogP contribution in [0.5, 0.6) is 0 Å². The number of nitrogens with zero attached hydrogens (tertiary/aromatic N) is 1. The zero-order chi connectivity index (χ0) is 12.4. The van der Waals surface area contributed by atoms with E-state index in [1.165, 1.54) is 29.2 Å². The number of aromatic nitrogens is 2. The summed E-state index contributed by atoms with van der Waals surface area (Å²) in [4.78, 5) is 35.1. The summed E-state index contributed by atoms with van der Waals surface area (Å²) in [6.07, 6.45) is 2.52. The van der Waals surface area contributed by atoms with Crippen LogP contribution in [-0.4, -0.2) is 20.6 Å². The Morgan fingerprint density at radius 1 is 1.41 bits per heavy atom. The quantitative estimate of drug-likeness (QED) is 0.772. The molecule has 2 rings (SSSR count). The number of carboxylic acid groups (broad SMARTS) is 1. The molecule has 0 fully saturated rings. The lowest BCUT2D eigenvalue weighted by molar-refractivity contribution is 0.0660. The van der Waals surface area contributed by atoms with E-state index in [2.05, 4.69) is 4.98 Å². The van der Waals surface area contributed by atoms with Crippen molar-refractivity contribution >= 4 is 5.97 Å². The van der Waals surface area contributed by atoms with Crippen LogP contribution in [0.25, 0.3) is 0 Å². The van der Waals surface area contributed by atoms with Crippen molar-refractivity contribution in [2.45, 2.75) is 6.54 Å². The molecular formula is C10H8N2O5. The SMILES string of the molecule is O=C(O)c1occc1Cn1ccc(=O)[nH]c1=O. The van der Waals surface area contributed by atoms with E-state index in [0.717, 1.165) is 0 Å². The maximum Gasteiger partial charge on any atom is 0.372 e. The van der Waals surface area contributed by atoms with E-state index < -0.39 is 17.2 Å². The van der Waals surface area contributed by atoms with Crippen LogP contribution in [-0.2, 0) is 6.54 Å². The van der Waals surface area contributed by atoms with Gasteiger partial charge in [-0.05, 0) is 6.07 Å². The molecule has 7 nitrogen and oxygen atoms in total. The fourth-order valence-corrected chi connectivity index (χ4v) is 1.40. The number of carbonyl (C=O) groups is 1. The number of aromatic carboxylic acids is 1. The number of rotatable bonds is 3. The Kier molecular flexibility index (Phi) is 2.65. The van der Waals surface area contributed by atoms with Crippen molar-refractivity contribution < 1.29 is 14.3 Å². The number of nitrogens with one attached hydrogen (secondary N) is 1. The van der Waals surface area contributed by atoms with Crippen molar-refractivity contribution in [3.63, 3.8) is 0 Å². The summed E-state index contributed by atoms with van der Waals surface area (Å²) in [6, 6.07) is 2.64. The predicted octanol–water partition coefficient (Wildman–Crippen LogP) is -0.124. The third kappa shape index (κ3) is 2.17. The molecule has 17 heavy (non-hydrogen) atoms. The van der Waals surface area contributed by atoms with Gasteiger partial charge in [0.1, 0.15) is 0 Å². The van der Waals surface area contributed by atoms with Crippen molar-refractivity contribution in [1.29, 1.82) is 0 Å². The highest BCUT2D eigenvalue weighted by Crippen LogP contribution is 2.11. The van der Waals surface area contributed by atoms with Crippen LogP contribution in [0.1, 0.15) is 16.1 Å². The van der Waals surface area contributed by atoms with Gasteiger partial charge >= 0.3 is 11.7 Å². The molecule has 7 heteroatoms. The third-order valence-electron chi connectivity index (χ3n) is 2.18. The summed E-state index contributed by atoms with van der Waals surface area (Å²) >= 11 is 0. The first-order valence-electron chi connectivity index (χ1n) is 4.67. The summed E-state index contributed by atoms with van der Waals surface area (Å²) in [7, 11) is 0. The van der Waals surface area contributed by atoms with Crippen LogP contribution in [0.4, 0.5) is 0 Å². The highest BCUT2D eigenvalue weighted by atomic mass is 16.4. The van der Waals surface area contributed by atoms with E-state index in [-0.39, 0.29) is 12.3 Å². The normalized spacial score (nSPS) is 10.4. The number of furan rings is 1. The Morgan fingerprint density at radius 2 is 2.18 bits per heavy atom. The molecule has 88 valence electrons. The average molecular weight is 236 g/mol. The van der Waals surface area contributed by atoms with Gasteiger partial charge in [-0.1, -0.05) is 0 Å². The second-order valence-corrected chi connectivity index (χ2v) is 3.32. The minimum absolute atomic E-state index is 0.0216. The fourth-order valence-electron chi connectivity index (χ4n) is 1.40. The average Bonchev–Trinajstić information content (AvgIpc) is 2.70. The first kappa shape index (κ1) is 10.9. The molecule has 0 aliphatic carbocycles. The largest absolute Gasteiger partial charge is 0.475 e. The Morgan fingerprint density at radius 3 is 2.82 bits per heavy atom. The van der Waals surface area contributed by atoms with Crippen LogP contribution in [0, 0.1) is 0 Å². The third-order valence-corrected chi connectivity index (χ3v) is 2.18. The molecule has 2 N–H and O–H groups in total. The molecular weight excluding hydrogens is 228 g/mol. The molecule has 0 unspecified atom stereocenters. The first-order chi connectivity index (χ1) is 8.08. The van der Waals surface area contributed by atoms with E-state index in [4.69, 9.17) is 9.52 Å². The highest BCUT2D eigenvalue weighted by Gasteiger charge is 2.14. The fraction of sp³-hybridized carbons (Fsp3) is 0.100. The predicted molar refractivity (Wildman–Crippen MR) is 56.1 cm³/mol. The Labute approximate surface area is 93.9 Å². The second kappa shape index (κ2) is 4.12. The van der Waals surface area contributed by atoms with Crippen molar-refractivity contribution in [2.75, 3.05) is 0 Å². The van der Waals surface area contributed by atoms with E-state index in [9.17, 15) is 14.4 Å². The van der Waals surface area contributed by atoms with Gasteiger partial charge in [-0.3, -0.25) is 14.3 Å². The van der Waals surface area contributed by atoms with Gasteiger partial charge in [0.15, 0.2) is 0 Å². The van der Waals surface area contributed by atoms with Gasteiger partial charge in [0, 0.05) is 17.8 Å². The van der Waals surface area contributed by atoms with E-state index in [0.29, 0.717) is 5.56 Å². The monoisotopic (exact) mass is 236 g/mol. The summed E-state index contributed by atoms with van der Waals surface area (Å²) in [5.41, 5.74) is -0.751. The van der Waals surface area contributed by atoms with E-state index in [1.807, 2.05) is 0 Å². The lowest BCUT2D eigenvalue weighted by atomic mass is 10.2. The van der Waals surface area contributed by atoms with E-state index >= 15 is 0 Å². The molecule has 0 spiro atoms. The highest BCUT2D eigenvalue weighted by molar-refractivity contribution is 5.86. The van der Waals surface area contributed by atoms with Crippen LogP contribution in [0.2, 0.25) is 0 Å². The van der Waals surface area contributed by atoms with Gasteiger partial charge in [-0.2, -0.15) is 0 Å². The Bertz CT molecular complexity index is 664. The topological polar surface area (TPSA) is 105 Å². The summed E-state index contributed by atoms with van der Waals surface area (Å²) in [6.45, 7) is 0.0216. The standard InChI is InChI=1S/C10H8N2O5/c13-7-1-3-12(10(16)11-7)5-6-2-4-17-8(6)9(14)15/h1-4H,5H2,(H,14,15)(H,11,13,16). The van der Waals surface area contributed by atoms with Gasteiger partial charge < -0.3 is 9.52 Å². The summed E-state index contributed by atoms with van der Waals surface area (Å²) in [5, 5.41) is 8.81. The van der Waals surface area contributed by atoms with E-state index in [1.54, 1.807) is 0 Å². The van der Waals surface area contributed by atoms with Crippen molar-refractivity contribution in [3.8, 4) is 0 Å². The maximum atomic E-state index is 11.4. The maximum absolute atomic E-state index is 11.4. The Hall–Kier alpha value is -2.57. The summed E-state index contributed by atoms with van der Waals surface area (Å²) < 4.78 is 5.95. The lowest BCUT2D eigenvalue weighted by Gasteiger charge is -2.02. The molecule has 0 bridgehead atoms. The number of carboxylic acids is 1. The van der Waals surface area contributed by atoms with Gasteiger partial charge in [-0.15, -0.1) is 0 Å². The van der Waals surface area contributed by atoms with Gasteiger partial charge in [0.2, 0.25) is 5.76 Å². The first-order valence-corrected chi connectivity index (χ1v) is 4.67. The molecule has 2 heterocycles. The molecule has 2 aromatic heterocycles. The van der Waals surface area contributed by atoms with Gasteiger partial charge in [0.05, 0.1) is 12.8 Å². The molecule has 0 aliphatic heterocycles. The zero-order valence-electron chi connectivity index (χ0n) is 8.54. The molecule has 0 aromatic carbocycles. The number of hydrogen-bond donors (Lipinski definition) is 2. The molecule has 2 aromatic rings. The number of aromatic amines is 1. The number of hydrogen-bond acceptors (Lipinski definition) is 4. The smallest absolute Gasteiger partial charge is 0.372 e. The minimum Gasteiger partial charge on any atom is -0.475 e. The minimum atomic E-state index is -1.21. The van der Waals surface area contributed by atoms with Crippen LogP contribution < -0.4 is 11.2 Å². The molecule has 0 atom stereocenters.